The number of aromatic carboxylic acids is 1. The first kappa shape index (κ1) is 20.0. The maximum Gasteiger partial charge on any atom is 0.354 e. The zero-order chi connectivity index (χ0) is 22.6. The van der Waals surface area contributed by atoms with Gasteiger partial charge in [0.15, 0.2) is 5.65 Å². The summed E-state index contributed by atoms with van der Waals surface area (Å²) in [6, 6.07) is 21.6. The third-order valence-electron chi connectivity index (χ3n) is 4.70. The lowest BCUT2D eigenvalue weighted by molar-refractivity contribution is 0.0690. The summed E-state index contributed by atoms with van der Waals surface area (Å²) in [6.45, 7) is 0. The van der Waals surface area contributed by atoms with Crippen LogP contribution in [-0.4, -0.2) is 31.2 Å². The van der Waals surface area contributed by atoms with Crippen LogP contribution in [0.3, 0.4) is 0 Å². The zero-order valence-electron chi connectivity index (χ0n) is 17.1. The smallest absolute Gasteiger partial charge is 0.354 e. The number of hydrogen-bond acceptors (Lipinski definition) is 7. The molecule has 0 aliphatic rings. The van der Waals surface area contributed by atoms with Crippen LogP contribution in [0.2, 0.25) is 0 Å². The Morgan fingerprint density at radius 2 is 1.55 bits per heavy atom. The second-order valence-electron chi connectivity index (χ2n) is 6.95. The average molecular weight is 439 g/mol. The monoisotopic (exact) mass is 439 g/mol. The summed E-state index contributed by atoms with van der Waals surface area (Å²) >= 11 is 0. The average Bonchev–Trinajstić information content (AvgIpc) is 3.25. The first-order valence-corrected chi connectivity index (χ1v) is 9.96. The van der Waals surface area contributed by atoms with Crippen molar-refractivity contribution in [2.75, 3.05) is 5.32 Å². The molecule has 0 amide bonds. The molecule has 0 fully saturated rings. The van der Waals surface area contributed by atoms with Crippen molar-refractivity contribution >= 4 is 28.5 Å². The number of fused-ring (bicyclic) bond motifs is 1. The van der Waals surface area contributed by atoms with Gasteiger partial charge in [0.1, 0.15) is 39.9 Å². The first-order chi connectivity index (χ1) is 16.2. The SMILES string of the molecule is O=C(O)c1cc(Nc2[nH]nc3nccc(Oc4ccc(Oc5ccccc5)cc4)c23)ccn1. The molecule has 9 nitrogen and oxygen atoms in total. The number of aromatic amines is 1. The Morgan fingerprint density at radius 1 is 0.848 bits per heavy atom. The minimum Gasteiger partial charge on any atom is -0.477 e. The van der Waals surface area contributed by atoms with Crippen LogP contribution in [0.4, 0.5) is 11.5 Å². The van der Waals surface area contributed by atoms with Crippen molar-refractivity contribution in [3.05, 3.63) is 90.9 Å². The number of rotatable bonds is 7. The topological polar surface area (TPSA) is 122 Å². The van der Waals surface area contributed by atoms with Crippen LogP contribution in [0.1, 0.15) is 10.5 Å². The Labute approximate surface area is 187 Å². The van der Waals surface area contributed by atoms with E-state index < -0.39 is 5.97 Å². The predicted octanol–water partition coefficient (Wildman–Crippen LogP) is 5.38. The number of aromatic nitrogens is 4. The number of para-hydroxylation sites is 1. The van der Waals surface area contributed by atoms with E-state index in [-0.39, 0.29) is 5.69 Å². The molecule has 0 spiro atoms. The van der Waals surface area contributed by atoms with Gasteiger partial charge in [-0.3, -0.25) is 5.10 Å². The van der Waals surface area contributed by atoms with Crippen molar-refractivity contribution in [1.82, 2.24) is 20.2 Å². The molecule has 5 aromatic rings. The van der Waals surface area contributed by atoms with E-state index in [0.29, 0.717) is 39.8 Å². The molecule has 0 saturated carbocycles. The molecular formula is C24H17N5O4. The molecule has 3 aromatic heterocycles. The Kier molecular flexibility index (Phi) is 5.26. The number of carboxylic acids is 1. The lowest BCUT2D eigenvalue weighted by atomic mass is 10.2. The van der Waals surface area contributed by atoms with Crippen molar-refractivity contribution in [2.24, 2.45) is 0 Å². The molecule has 0 aliphatic heterocycles. The highest BCUT2D eigenvalue weighted by molar-refractivity contribution is 5.95. The van der Waals surface area contributed by atoms with Gasteiger partial charge in [-0.25, -0.2) is 14.8 Å². The Morgan fingerprint density at radius 3 is 2.30 bits per heavy atom. The fraction of sp³-hybridized carbons (Fsp3) is 0. The number of nitrogens with zero attached hydrogens (tertiary/aromatic N) is 3. The number of hydrogen-bond donors (Lipinski definition) is 3. The van der Waals surface area contributed by atoms with Gasteiger partial charge in [-0.2, -0.15) is 5.10 Å². The molecule has 0 aliphatic carbocycles. The molecular weight excluding hydrogens is 422 g/mol. The maximum absolute atomic E-state index is 11.2. The summed E-state index contributed by atoms with van der Waals surface area (Å²) < 4.78 is 11.9. The van der Waals surface area contributed by atoms with Gasteiger partial charge in [0.2, 0.25) is 0 Å². The second kappa shape index (κ2) is 8.67. The van der Waals surface area contributed by atoms with Crippen LogP contribution in [0.25, 0.3) is 11.0 Å². The van der Waals surface area contributed by atoms with Crippen molar-refractivity contribution in [3.63, 3.8) is 0 Å². The van der Waals surface area contributed by atoms with Gasteiger partial charge in [0.05, 0.1) is 0 Å². The van der Waals surface area contributed by atoms with E-state index in [4.69, 9.17) is 14.6 Å². The van der Waals surface area contributed by atoms with Crippen LogP contribution in [0.5, 0.6) is 23.0 Å². The summed E-state index contributed by atoms with van der Waals surface area (Å²) in [5.74, 6) is 1.97. The Hall–Kier alpha value is -4.92. The largest absolute Gasteiger partial charge is 0.477 e. The van der Waals surface area contributed by atoms with Crippen molar-refractivity contribution in [1.29, 1.82) is 0 Å². The van der Waals surface area contributed by atoms with Gasteiger partial charge < -0.3 is 19.9 Å². The van der Waals surface area contributed by atoms with Gasteiger partial charge >= 0.3 is 5.97 Å². The molecule has 0 saturated heterocycles. The highest BCUT2D eigenvalue weighted by Crippen LogP contribution is 2.34. The number of anilines is 2. The number of benzene rings is 2. The normalized spacial score (nSPS) is 10.7. The highest BCUT2D eigenvalue weighted by atomic mass is 16.5. The number of ether oxygens (including phenoxy) is 2. The fourth-order valence-electron chi connectivity index (χ4n) is 3.19. The standard InChI is InChI=1S/C24H17N5O4/c30-24(31)19-14-15(10-12-25-19)27-23-21-20(11-13-26-22(21)28-29-23)33-18-8-6-17(7-9-18)32-16-4-2-1-3-5-16/h1-14H,(H,30,31)(H2,25,26,27,28,29). The number of carboxylic acid groups (broad SMARTS) is 1. The third kappa shape index (κ3) is 4.42. The predicted molar refractivity (Wildman–Crippen MR) is 121 cm³/mol. The third-order valence-corrected chi connectivity index (χ3v) is 4.70. The van der Waals surface area contributed by atoms with Gasteiger partial charge in [-0.15, -0.1) is 0 Å². The van der Waals surface area contributed by atoms with Crippen LogP contribution < -0.4 is 14.8 Å². The molecule has 9 heteroatoms. The second-order valence-corrected chi connectivity index (χ2v) is 6.95. The fourth-order valence-corrected chi connectivity index (χ4v) is 3.19. The molecule has 3 heterocycles. The summed E-state index contributed by atoms with van der Waals surface area (Å²) in [5.41, 5.74) is 0.910. The highest BCUT2D eigenvalue weighted by Gasteiger charge is 2.14. The van der Waals surface area contributed by atoms with E-state index in [2.05, 4.69) is 25.5 Å². The van der Waals surface area contributed by atoms with E-state index >= 15 is 0 Å². The molecule has 0 radical (unpaired) electrons. The molecule has 0 bridgehead atoms. The molecule has 2 aromatic carbocycles. The summed E-state index contributed by atoms with van der Waals surface area (Å²) in [4.78, 5) is 19.3. The summed E-state index contributed by atoms with van der Waals surface area (Å²) in [7, 11) is 0. The first-order valence-electron chi connectivity index (χ1n) is 9.96. The molecule has 162 valence electrons. The Bertz CT molecular complexity index is 1420. The van der Waals surface area contributed by atoms with E-state index in [0.717, 1.165) is 5.75 Å². The number of H-pyrrole nitrogens is 1. The van der Waals surface area contributed by atoms with Crippen LogP contribution in [0, 0.1) is 0 Å². The van der Waals surface area contributed by atoms with Crippen molar-refractivity contribution in [2.45, 2.75) is 0 Å². The summed E-state index contributed by atoms with van der Waals surface area (Å²) in [5, 5.41) is 20.0. The van der Waals surface area contributed by atoms with Crippen LogP contribution >= 0.6 is 0 Å². The quantitative estimate of drug-likeness (QED) is 0.309. The molecule has 0 atom stereocenters. The molecule has 33 heavy (non-hydrogen) atoms. The van der Waals surface area contributed by atoms with Crippen LogP contribution in [-0.2, 0) is 0 Å². The molecule has 0 unspecified atom stereocenters. The van der Waals surface area contributed by atoms with Gasteiger partial charge in [0.25, 0.3) is 0 Å². The van der Waals surface area contributed by atoms with Gasteiger partial charge in [-0.05, 0) is 48.5 Å². The van der Waals surface area contributed by atoms with Gasteiger partial charge in [-0.1, -0.05) is 18.2 Å². The number of nitrogens with one attached hydrogen (secondary N) is 2. The van der Waals surface area contributed by atoms with Gasteiger partial charge in [0, 0.05) is 24.1 Å². The van der Waals surface area contributed by atoms with E-state index in [1.54, 1.807) is 30.5 Å². The Balaban J connectivity index is 1.39. The van der Waals surface area contributed by atoms with Crippen LogP contribution in [0.15, 0.2) is 85.2 Å². The van der Waals surface area contributed by atoms with E-state index in [1.165, 1.54) is 12.3 Å². The molecule has 5 rings (SSSR count). The van der Waals surface area contributed by atoms with E-state index in [9.17, 15) is 4.79 Å². The van der Waals surface area contributed by atoms with Crippen molar-refractivity contribution in [3.8, 4) is 23.0 Å². The van der Waals surface area contributed by atoms with E-state index in [1.807, 2.05) is 42.5 Å². The lowest BCUT2D eigenvalue weighted by Gasteiger charge is -2.10. The number of pyridine rings is 2. The minimum atomic E-state index is -1.11. The zero-order valence-corrected chi connectivity index (χ0v) is 17.1. The maximum atomic E-state index is 11.2. The lowest BCUT2D eigenvalue weighted by Crippen LogP contribution is -2.01. The summed E-state index contributed by atoms with van der Waals surface area (Å²) in [6.07, 6.45) is 3.02. The number of carbonyl (C=O) groups is 1. The minimum absolute atomic E-state index is 0.0729. The molecule has 3 N–H and O–H groups in total. The van der Waals surface area contributed by atoms with Crippen molar-refractivity contribution < 1.29 is 19.4 Å².